The number of aryl methyl sites for hydroxylation is 3. The smallest absolute Gasteiger partial charge is 0.301 e. The van der Waals surface area contributed by atoms with Gasteiger partial charge >= 0.3 is 5.91 Å². The number of thiazole rings is 1. The van der Waals surface area contributed by atoms with Crippen molar-refractivity contribution in [3.63, 3.8) is 0 Å². The number of hydrogen-bond acceptors (Lipinski definition) is 5. The molecular weight excluding hydrogens is 464 g/mol. The number of benzene rings is 2. The molecule has 152 valence electrons. The zero-order valence-corrected chi connectivity index (χ0v) is 19.0. The molecule has 30 heavy (non-hydrogen) atoms. The van der Waals surface area contributed by atoms with Crippen molar-refractivity contribution >= 4 is 49.8 Å². The van der Waals surface area contributed by atoms with E-state index < -0.39 is 17.7 Å². The highest BCUT2D eigenvalue weighted by molar-refractivity contribution is 9.10. The molecule has 1 fully saturated rings. The number of hydrogen-bond donors (Lipinski definition) is 1. The van der Waals surface area contributed by atoms with Crippen molar-refractivity contribution in [3.05, 3.63) is 85.8 Å². The molecule has 0 bridgehead atoms. The molecule has 4 rings (SSSR count). The van der Waals surface area contributed by atoms with Crippen LogP contribution >= 0.6 is 27.3 Å². The van der Waals surface area contributed by atoms with Crippen LogP contribution in [0, 0.1) is 20.8 Å². The second kappa shape index (κ2) is 7.81. The molecule has 0 unspecified atom stereocenters. The second-order valence-electron chi connectivity index (χ2n) is 7.22. The van der Waals surface area contributed by atoms with Crippen molar-refractivity contribution in [2.45, 2.75) is 26.8 Å². The number of ketones is 1. The summed E-state index contributed by atoms with van der Waals surface area (Å²) in [5.41, 5.74) is 3.12. The Morgan fingerprint density at radius 2 is 1.67 bits per heavy atom. The standard InChI is InChI=1S/C23H19BrN2O3S/c1-12-4-6-16(7-5-12)20(27)18-19(15-8-10-17(24)11-9-15)26(22(29)21(18)28)23-25-13(2)14(3)30-23/h4-11,19,27H,1-3H3/t19-/m0/s1. The lowest BCUT2D eigenvalue weighted by molar-refractivity contribution is -0.132. The van der Waals surface area contributed by atoms with Crippen molar-refractivity contribution in [2.75, 3.05) is 4.90 Å². The highest BCUT2D eigenvalue weighted by atomic mass is 79.9. The second-order valence-corrected chi connectivity index (χ2v) is 9.32. The third-order valence-electron chi connectivity index (χ3n) is 5.18. The van der Waals surface area contributed by atoms with E-state index in [9.17, 15) is 14.7 Å². The lowest BCUT2D eigenvalue weighted by Crippen LogP contribution is -2.29. The van der Waals surface area contributed by atoms with Crippen LogP contribution in [0.5, 0.6) is 0 Å². The van der Waals surface area contributed by atoms with Gasteiger partial charge in [-0.3, -0.25) is 14.5 Å². The quantitative estimate of drug-likeness (QED) is 0.305. The maximum absolute atomic E-state index is 13.1. The predicted octanol–water partition coefficient (Wildman–Crippen LogP) is 5.46. The van der Waals surface area contributed by atoms with Crippen molar-refractivity contribution in [3.8, 4) is 0 Å². The summed E-state index contributed by atoms with van der Waals surface area (Å²) in [5, 5.41) is 11.5. The number of carbonyl (C=O) groups is 2. The average Bonchev–Trinajstić information content (AvgIpc) is 3.18. The van der Waals surface area contributed by atoms with Gasteiger partial charge in [-0.25, -0.2) is 4.98 Å². The number of rotatable bonds is 3. The summed E-state index contributed by atoms with van der Waals surface area (Å²) in [5.74, 6) is -1.59. The van der Waals surface area contributed by atoms with E-state index in [0.717, 1.165) is 26.2 Å². The molecule has 1 aromatic heterocycles. The van der Waals surface area contributed by atoms with Crippen LogP contribution in [0.4, 0.5) is 5.13 Å². The molecule has 1 amide bonds. The largest absolute Gasteiger partial charge is 0.507 e. The molecule has 0 aliphatic carbocycles. The fraction of sp³-hybridized carbons (Fsp3) is 0.174. The van der Waals surface area contributed by atoms with Crippen molar-refractivity contribution in [1.82, 2.24) is 4.98 Å². The maximum Gasteiger partial charge on any atom is 0.301 e. The Hall–Kier alpha value is -2.77. The highest BCUT2D eigenvalue weighted by Crippen LogP contribution is 2.43. The van der Waals surface area contributed by atoms with Gasteiger partial charge in [0.2, 0.25) is 0 Å². The Labute approximate surface area is 186 Å². The van der Waals surface area contributed by atoms with E-state index in [0.29, 0.717) is 10.7 Å². The van der Waals surface area contributed by atoms with Crippen LogP contribution in [0.3, 0.4) is 0 Å². The number of carbonyl (C=O) groups excluding carboxylic acids is 2. The highest BCUT2D eigenvalue weighted by Gasteiger charge is 2.48. The fourth-order valence-electron chi connectivity index (χ4n) is 3.42. The first-order chi connectivity index (χ1) is 14.3. The Balaban J connectivity index is 1.94. The first-order valence-electron chi connectivity index (χ1n) is 9.35. The van der Waals surface area contributed by atoms with E-state index in [2.05, 4.69) is 20.9 Å². The zero-order valence-electron chi connectivity index (χ0n) is 16.6. The number of halogens is 1. The fourth-order valence-corrected chi connectivity index (χ4v) is 4.62. The molecule has 1 saturated heterocycles. The average molecular weight is 483 g/mol. The monoisotopic (exact) mass is 482 g/mol. The topological polar surface area (TPSA) is 70.5 Å². The third kappa shape index (κ3) is 3.48. The molecule has 1 aliphatic heterocycles. The molecule has 1 N–H and O–H groups in total. The van der Waals surface area contributed by atoms with E-state index in [1.807, 2.05) is 57.2 Å². The van der Waals surface area contributed by atoms with Gasteiger partial charge in [-0.1, -0.05) is 57.9 Å². The summed E-state index contributed by atoms with van der Waals surface area (Å²) in [7, 11) is 0. The van der Waals surface area contributed by atoms with Gasteiger partial charge in [0.1, 0.15) is 5.76 Å². The third-order valence-corrected chi connectivity index (χ3v) is 6.78. The number of amides is 1. The van der Waals surface area contributed by atoms with Gasteiger partial charge in [-0.05, 0) is 38.5 Å². The van der Waals surface area contributed by atoms with E-state index in [-0.39, 0.29) is 11.3 Å². The predicted molar refractivity (Wildman–Crippen MR) is 122 cm³/mol. The van der Waals surface area contributed by atoms with Gasteiger partial charge in [0, 0.05) is 14.9 Å². The molecule has 0 spiro atoms. The van der Waals surface area contributed by atoms with Crippen LogP contribution < -0.4 is 4.90 Å². The van der Waals surface area contributed by atoms with Crippen LogP contribution in [-0.2, 0) is 9.59 Å². The summed E-state index contributed by atoms with van der Waals surface area (Å²) in [6, 6.07) is 13.8. The molecule has 5 nitrogen and oxygen atoms in total. The minimum Gasteiger partial charge on any atom is -0.507 e. The maximum atomic E-state index is 13.1. The summed E-state index contributed by atoms with van der Waals surface area (Å²) in [4.78, 5) is 33.0. The van der Waals surface area contributed by atoms with Gasteiger partial charge in [0.25, 0.3) is 5.78 Å². The summed E-state index contributed by atoms with van der Waals surface area (Å²) < 4.78 is 0.877. The molecule has 7 heteroatoms. The lowest BCUT2D eigenvalue weighted by atomic mass is 9.95. The van der Waals surface area contributed by atoms with E-state index in [4.69, 9.17) is 0 Å². The van der Waals surface area contributed by atoms with Crippen molar-refractivity contribution < 1.29 is 14.7 Å². The van der Waals surface area contributed by atoms with Crippen molar-refractivity contribution in [2.24, 2.45) is 0 Å². The minimum absolute atomic E-state index is 0.0664. The first kappa shape index (κ1) is 20.5. The van der Waals surface area contributed by atoms with Gasteiger partial charge in [0.05, 0.1) is 17.3 Å². The molecule has 0 radical (unpaired) electrons. The summed E-state index contributed by atoms with van der Waals surface area (Å²) in [6.07, 6.45) is 0. The van der Waals surface area contributed by atoms with Crippen LogP contribution in [-0.4, -0.2) is 21.8 Å². The van der Waals surface area contributed by atoms with Gasteiger partial charge < -0.3 is 5.11 Å². The van der Waals surface area contributed by atoms with E-state index in [1.54, 1.807) is 12.1 Å². The number of nitrogens with zero attached hydrogens (tertiary/aromatic N) is 2. The minimum atomic E-state index is -0.760. The first-order valence-corrected chi connectivity index (χ1v) is 11.0. The number of anilines is 1. The summed E-state index contributed by atoms with van der Waals surface area (Å²) in [6.45, 7) is 5.73. The summed E-state index contributed by atoms with van der Waals surface area (Å²) >= 11 is 4.78. The molecule has 3 aromatic rings. The molecule has 2 aromatic carbocycles. The normalized spacial score (nSPS) is 18.3. The number of aliphatic hydroxyl groups is 1. The van der Waals surface area contributed by atoms with Crippen LogP contribution in [0.25, 0.3) is 5.76 Å². The number of aliphatic hydroxyl groups excluding tert-OH is 1. The van der Waals surface area contributed by atoms with Crippen molar-refractivity contribution in [1.29, 1.82) is 0 Å². The Kier molecular flexibility index (Phi) is 5.34. The van der Waals surface area contributed by atoms with E-state index >= 15 is 0 Å². The van der Waals surface area contributed by atoms with Crippen LogP contribution in [0.2, 0.25) is 0 Å². The Morgan fingerprint density at radius 3 is 2.23 bits per heavy atom. The molecule has 0 saturated carbocycles. The van der Waals surface area contributed by atoms with Gasteiger partial charge in [-0.15, -0.1) is 11.3 Å². The Morgan fingerprint density at radius 1 is 1.03 bits per heavy atom. The zero-order chi connectivity index (χ0) is 21.6. The van der Waals surface area contributed by atoms with Gasteiger partial charge in [-0.2, -0.15) is 0 Å². The SMILES string of the molecule is Cc1ccc(C(O)=C2C(=O)C(=O)N(c3nc(C)c(C)s3)[C@H]2c2ccc(Br)cc2)cc1. The number of Topliss-reactive ketones (excluding diaryl/α,β-unsaturated/α-hetero) is 1. The van der Waals surface area contributed by atoms with Crippen LogP contribution in [0.15, 0.2) is 58.6 Å². The lowest BCUT2D eigenvalue weighted by Gasteiger charge is -2.23. The molecule has 2 heterocycles. The Bertz CT molecular complexity index is 1160. The van der Waals surface area contributed by atoms with Gasteiger partial charge in [0.15, 0.2) is 5.13 Å². The molecule has 1 aliphatic rings. The molecular formula is C23H19BrN2O3S. The number of aromatic nitrogens is 1. The van der Waals surface area contributed by atoms with E-state index in [1.165, 1.54) is 16.2 Å². The molecule has 1 atom stereocenters. The van der Waals surface area contributed by atoms with Crippen LogP contribution in [0.1, 0.15) is 33.3 Å².